The Hall–Kier alpha value is -2.82. The molecule has 0 saturated heterocycles. The van der Waals surface area contributed by atoms with Gasteiger partial charge in [-0.15, -0.1) is 0 Å². The summed E-state index contributed by atoms with van der Waals surface area (Å²) in [5, 5.41) is 8.68. The molecule has 5 nitrogen and oxygen atoms in total. The van der Waals surface area contributed by atoms with Crippen molar-refractivity contribution in [2.45, 2.75) is 13.3 Å². The van der Waals surface area contributed by atoms with E-state index < -0.39 is 0 Å². The number of nitrogens with one attached hydrogen (secondary N) is 3. The van der Waals surface area contributed by atoms with Crippen molar-refractivity contribution in [1.29, 1.82) is 0 Å². The maximum atomic E-state index is 11.8. The molecule has 22 heavy (non-hydrogen) atoms. The van der Waals surface area contributed by atoms with Crippen LogP contribution >= 0.6 is 0 Å². The first-order valence-corrected chi connectivity index (χ1v) is 7.10. The van der Waals surface area contributed by atoms with E-state index in [2.05, 4.69) is 16.0 Å². The minimum absolute atomic E-state index is 0.0595. The fourth-order valence-electron chi connectivity index (χ4n) is 1.94. The second kappa shape index (κ2) is 7.83. The van der Waals surface area contributed by atoms with Crippen LogP contribution in [0.1, 0.15) is 13.3 Å². The summed E-state index contributed by atoms with van der Waals surface area (Å²) < 4.78 is 0. The number of amides is 2. The van der Waals surface area contributed by atoms with Crippen molar-refractivity contribution < 1.29 is 9.59 Å². The number of para-hydroxylation sites is 1. The van der Waals surface area contributed by atoms with Crippen LogP contribution in [0.2, 0.25) is 0 Å². The Balaban J connectivity index is 1.75. The molecule has 0 aliphatic carbocycles. The van der Waals surface area contributed by atoms with Crippen molar-refractivity contribution in [2.24, 2.45) is 0 Å². The van der Waals surface area contributed by atoms with E-state index in [-0.39, 0.29) is 11.8 Å². The Kier molecular flexibility index (Phi) is 5.54. The highest BCUT2D eigenvalue weighted by Crippen LogP contribution is 2.13. The summed E-state index contributed by atoms with van der Waals surface area (Å²) in [6.45, 7) is 2.02. The Morgan fingerprint density at radius 2 is 1.41 bits per heavy atom. The maximum absolute atomic E-state index is 11.8. The van der Waals surface area contributed by atoms with Crippen molar-refractivity contribution in [1.82, 2.24) is 0 Å². The summed E-state index contributed by atoms with van der Waals surface area (Å²) in [6.07, 6.45) is 0.377. The zero-order valence-corrected chi connectivity index (χ0v) is 12.4. The van der Waals surface area contributed by atoms with E-state index in [9.17, 15) is 9.59 Å². The molecule has 0 atom stereocenters. The molecule has 0 radical (unpaired) electrons. The molecule has 0 aliphatic rings. The van der Waals surface area contributed by atoms with Gasteiger partial charge in [0.2, 0.25) is 11.8 Å². The SMILES string of the molecule is CC(=O)Nc1ccc(NC(=O)CCNc2ccccc2)cc1. The zero-order chi connectivity index (χ0) is 15.8. The topological polar surface area (TPSA) is 70.2 Å². The summed E-state index contributed by atoms with van der Waals surface area (Å²) in [7, 11) is 0. The standard InChI is InChI=1S/C17H19N3O2/c1-13(21)19-15-7-9-16(10-8-15)20-17(22)11-12-18-14-5-3-2-4-6-14/h2-10,18H,11-12H2,1H3,(H,19,21)(H,20,22). The number of anilines is 3. The van der Waals surface area contributed by atoms with Crippen molar-refractivity contribution in [2.75, 3.05) is 22.5 Å². The van der Waals surface area contributed by atoms with Crippen LogP contribution < -0.4 is 16.0 Å². The predicted molar refractivity (Wildman–Crippen MR) is 88.9 cm³/mol. The molecule has 0 aromatic heterocycles. The quantitative estimate of drug-likeness (QED) is 0.767. The van der Waals surface area contributed by atoms with Gasteiger partial charge in [-0.2, -0.15) is 0 Å². The van der Waals surface area contributed by atoms with Gasteiger partial charge in [0, 0.05) is 37.0 Å². The highest BCUT2D eigenvalue weighted by atomic mass is 16.2. The lowest BCUT2D eigenvalue weighted by molar-refractivity contribution is -0.116. The Labute approximate surface area is 129 Å². The molecule has 114 valence electrons. The van der Waals surface area contributed by atoms with Gasteiger partial charge in [0.15, 0.2) is 0 Å². The van der Waals surface area contributed by atoms with E-state index in [1.165, 1.54) is 6.92 Å². The Morgan fingerprint density at radius 3 is 2.00 bits per heavy atom. The van der Waals surface area contributed by atoms with Gasteiger partial charge in [-0.3, -0.25) is 9.59 Å². The summed E-state index contributed by atoms with van der Waals surface area (Å²) in [5.41, 5.74) is 2.41. The molecular weight excluding hydrogens is 278 g/mol. The average molecular weight is 297 g/mol. The number of hydrogen-bond acceptors (Lipinski definition) is 3. The second-order valence-electron chi connectivity index (χ2n) is 4.85. The minimum Gasteiger partial charge on any atom is -0.385 e. The highest BCUT2D eigenvalue weighted by molar-refractivity contribution is 5.92. The van der Waals surface area contributed by atoms with Crippen LogP contribution in [0, 0.1) is 0 Å². The molecule has 0 saturated carbocycles. The molecule has 0 heterocycles. The van der Waals surface area contributed by atoms with Gasteiger partial charge in [0.05, 0.1) is 0 Å². The Morgan fingerprint density at radius 1 is 0.818 bits per heavy atom. The zero-order valence-electron chi connectivity index (χ0n) is 12.4. The lowest BCUT2D eigenvalue weighted by Gasteiger charge is -2.08. The van der Waals surface area contributed by atoms with Gasteiger partial charge in [-0.1, -0.05) is 18.2 Å². The van der Waals surface area contributed by atoms with E-state index in [1.807, 2.05) is 30.3 Å². The summed E-state index contributed by atoms with van der Waals surface area (Å²) in [4.78, 5) is 22.8. The van der Waals surface area contributed by atoms with Gasteiger partial charge in [0.25, 0.3) is 0 Å². The number of carbonyl (C=O) groups is 2. The van der Waals surface area contributed by atoms with Crippen LogP contribution in [0.25, 0.3) is 0 Å². The van der Waals surface area contributed by atoms with Crippen molar-refractivity contribution in [3.05, 3.63) is 54.6 Å². The average Bonchev–Trinajstić information content (AvgIpc) is 2.50. The van der Waals surface area contributed by atoms with Gasteiger partial charge >= 0.3 is 0 Å². The van der Waals surface area contributed by atoms with E-state index in [0.29, 0.717) is 24.3 Å². The molecular formula is C17H19N3O2. The monoisotopic (exact) mass is 297 g/mol. The van der Waals surface area contributed by atoms with E-state index >= 15 is 0 Å². The van der Waals surface area contributed by atoms with Crippen LogP contribution in [-0.2, 0) is 9.59 Å². The van der Waals surface area contributed by atoms with E-state index in [4.69, 9.17) is 0 Å². The van der Waals surface area contributed by atoms with Crippen LogP contribution in [-0.4, -0.2) is 18.4 Å². The predicted octanol–water partition coefficient (Wildman–Crippen LogP) is 3.09. The molecule has 5 heteroatoms. The van der Waals surface area contributed by atoms with Crippen LogP contribution in [0.4, 0.5) is 17.1 Å². The van der Waals surface area contributed by atoms with Crippen molar-refractivity contribution in [3.63, 3.8) is 0 Å². The lowest BCUT2D eigenvalue weighted by Crippen LogP contribution is -2.16. The molecule has 2 amide bonds. The normalized spacial score (nSPS) is 9.86. The maximum Gasteiger partial charge on any atom is 0.226 e. The summed E-state index contributed by atoms with van der Waals surface area (Å²) in [6, 6.07) is 16.8. The van der Waals surface area contributed by atoms with Crippen molar-refractivity contribution in [3.8, 4) is 0 Å². The fourth-order valence-corrected chi connectivity index (χ4v) is 1.94. The molecule has 2 aromatic carbocycles. The first-order chi connectivity index (χ1) is 10.6. The third kappa shape index (κ3) is 5.28. The molecule has 0 bridgehead atoms. The first kappa shape index (κ1) is 15.6. The number of benzene rings is 2. The van der Waals surface area contributed by atoms with Crippen LogP contribution in [0.15, 0.2) is 54.6 Å². The first-order valence-electron chi connectivity index (χ1n) is 7.10. The molecule has 3 N–H and O–H groups in total. The van der Waals surface area contributed by atoms with Gasteiger partial charge in [0.1, 0.15) is 0 Å². The summed E-state index contributed by atoms with van der Waals surface area (Å²) >= 11 is 0. The molecule has 2 rings (SSSR count). The minimum atomic E-state index is -0.122. The smallest absolute Gasteiger partial charge is 0.226 e. The van der Waals surface area contributed by atoms with E-state index in [0.717, 1.165) is 5.69 Å². The lowest BCUT2D eigenvalue weighted by atomic mass is 10.2. The largest absolute Gasteiger partial charge is 0.385 e. The van der Waals surface area contributed by atoms with Crippen LogP contribution in [0.3, 0.4) is 0 Å². The third-order valence-electron chi connectivity index (χ3n) is 2.94. The fraction of sp³-hybridized carbons (Fsp3) is 0.176. The molecule has 2 aromatic rings. The van der Waals surface area contributed by atoms with Crippen molar-refractivity contribution >= 4 is 28.9 Å². The molecule has 0 fully saturated rings. The van der Waals surface area contributed by atoms with Gasteiger partial charge in [-0.25, -0.2) is 0 Å². The van der Waals surface area contributed by atoms with E-state index in [1.54, 1.807) is 24.3 Å². The van der Waals surface area contributed by atoms with Gasteiger partial charge < -0.3 is 16.0 Å². The molecule has 0 spiro atoms. The second-order valence-corrected chi connectivity index (χ2v) is 4.85. The number of carbonyl (C=O) groups excluding carboxylic acids is 2. The highest BCUT2D eigenvalue weighted by Gasteiger charge is 2.03. The number of rotatable bonds is 6. The molecule has 0 unspecified atom stereocenters. The van der Waals surface area contributed by atoms with Crippen LogP contribution in [0.5, 0.6) is 0 Å². The van der Waals surface area contributed by atoms with Gasteiger partial charge in [-0.05, 0) is 36.4 Å². The number of hydrogen-bond donors (Lipinski definition) is 3. The Bertz CT molecular complexity index is 624. The summed E-state index contributed by atoms with van der Waals surface area (Å²) in [5.74, 6) is -0.181. The third-order valence-corrected chi connectivity index (χ3v) is 2.94. The molecule has 0 aliphatic heterocycles.